The van der Waals surface area contributed by atoms with E-state index < -0.39 is 29.7 Å². The summed E-state index contributed by atoms with van der Waals surface area (Å²) in [5, 5.41) is 11.1. The zero-order chi connectivity index (χ0) is 14.9. The van der Waals surface area contributed by atoms with Gasteiger partial charge in [-0.1, -0.05) is 0 Å². The Hall–Kier alpha value is -1.83. The Bertz CT molecular complexity index is 556. The smallest absolute Gasteiger partial charge is 0.327 e. The number of thioether (sulfide) groups is 1. The van der Waals surface area contributed by atoms with Crippen LogP contribution in [0.15, 0.2) is 18.2 Å². The number of aliphatic carboxylic acids is 1. The molecule has 2 atom stereocenters. The molecule has 5 nitrogen and oxygen atoms in total. The van der Waals surface area contributed by atoms with Crippen LogP contribution in [-0.4, -0.2) is 39.2 Å². The summed E-state index contributed by atoms with van der Waals surface area (Å²) in [6.07, 6.45) is 0. The molecule has 0 spiro atoms. The molecule has 1 saturated heterocycles. The number of hydrogen-bond donors (Lipinski definition) is 2. The number of carboxylic acid groups (broad SMARTS) is 1. The topological polar surface area (TPSA) is 69.6 Å². The molecular formula is C12H12F2N2O3S. The minimum Gasteiger partial charge on any atom is -0.480 e. The minimum atomic E-state index is -1.10. The standard InChI is InChI=1S/C12H12F2N2O3S/c1-6-16(10(5-20-6)11(17)18)12(19)15-7-2-3-8(13)9(14)4-7/h2-4,6,10H,5H2,1H3,(H,15,19)(H,17,18). The lowest BCUT2D eigenvalue weighted by Crippen LogP contribution is -2.46. The minimum absolute atomic E-state index is 0.0714. The lowest BCUT2D eigenvalue weighted by Gasteiger charge is -2.25. The quantitative estimate of drug-likeness (QED) is 0.880. The Morgan fingerprint density at radius 1 is 1.40 bits per heavy atom. The van der Waals surface area contributed by atoms with Gasteiger partial charge in [0.25, 0.3) is 0 Å². The van der Waals surface area contributed by atoms with Gasteiger partial charge in [0.15, 0.2) is 11.6 Å². The SMILES string of the molecule is CC1SCC(C(=O)O)N1C(=O)Nc1ccc(F)c(F)c1. The molecule has 108 valence electrons. The number of hydrogen-bond acceptors (Lipinski definition) is 3. The molecule has 1 aromatic rings. The van der Waals surface area contributed by atoms with E-state index >= 15 is 0 Å². The highest BCUT2D eigenvalue weighted by Crippen LogP contribution is 2.29. The predicted molar refractivity (Wildman–Crippen MR) is 70.6 cm³/mol. The maximum Gasteiger partial charge on any atom is 0.327 e. The molecule has 1 heterocycles. The molecule has 0 aliphatic carbocycles. The van der Waals surface area contributed by atoms with Gasteiger partial charge in [-0.25, -0.2) is 18.4 Å². The van der Waals surface area contributed by atoms with Gasteiger partial charge in [-0.15, -0.1) is 11.8 Å². The molecule has 0 radical (unpaired) electrons. The zero-order valence-corrected chi connectivity index (χ0v) is 11.3. The highest BCUT2D eigenvalue weighted by molar-refractivity contribution is 8.00. The van der Waals surface area contributed by atoms with E-state index in [1.165, 1.54) is 22.7 Å². The number of halogens is 2. The summed E-state index contributed by atoms with van der Waals surface area (Å²) in [7, 11) is 0. The lowest BCUT2D eigenvalue weighted by atomic mass is 10.3. The summed E-state index contributed by atoms with van der Waals surface area (Å²) in [6, 6.07) is 1.36. The lowest BCUT2D eigenvalue weighted by molar-refractivity contribution is -0.141. The number of nitrogens with one attached hydrogen (secondary N) is 1. The molecule has 1 aromatic carbocycles. The average Bonchev–Trinajstić information content (AvgIpc) is 2.76. The van der Waals surface area contributed by atoms with E-state index in [0.29, 0.717) is 5.75 Å². The Labute approximate surface area is 117 Å². The second-order valence-electron chi connectivity index (χ2n) is 4.25. The highest BCUT2D eigenvalue weighted by Gasteiger charge is 2.39. The molecule has 2 N–H and O–H groups in total. The first kappa shape index (κ1) is 14.6. The number of amides is 2. The Balaban J connectivity index is 2.14. The van der Waals surface area contributed by atoms with Crippen LogP contribution in [-0.2, 0) is 4.79 Å². The van der Waals surface area contributed by atoms with Gasteiger partial charge in [0, 0.05) is 17.5 Å². The van der Waals surface area contributed by atoms with Crippen LogP contribution < -0.4 is 5.32 Å². The number of nitrogens with zero attached hydrogens (tertiary/aromatic N) is 1. The third-order valence-corrected chi connectivity index (χ3v) is 4.13. The van der Waals surface area contributed by atoms with Gasteiger partial charge in [-0.05, 0) is 19.1 Å². The van der Waals surface area contributed by atoms with Crippen LogP contribution in [0.25, 0.3) is 0 Å². The number of benzene rings is 1. The first-order valence-electron chi connectivity index (χ1n) is 5.79. The van der Waals surface area contributed by atoms with Crippen LogP contribution >= 0.6 is 11.8 Å². The molecule has 20 heavy (non-hydrogen) atoms. The fourth-order valence-electron chi connectivity index (χ4n) is 1.90. The number of carboxylic acids is 1. The van der Waals surface area contributed by atoms with Crippen molar-refractivity contribution in [3.8, 4) is 0 Å². The van der Waals surface area contributed by atoms with Crippen LogP contribution in [0.3, 0.4) is 0 Å². The van der Waals surface area contributed by atoms with Crippen LogP contribution in [0.2, 0.25) is 0 Å². The van der Waals surface area contributed by atoms with Gasteiger partial charge >= 0.3 is 12.0 Å². The van der Waals surface area contributed by atoms with Crippen LogP contribution in [0, 0.1) is 11.6 Å². The van der Waals surface area contributed by atoms with Crippen LogP contribution in [0.4, 0.5) is 19.3 Å². The summed E-state index contributed by atoms with van der Waals surface area (Å²) >= 11 is 1.34. The first-order chi connectivity index (χ1) is 9.40. The van der Waals surface area contributed by atoms with E-state index in [2.05, 4.69) is 5.32 Å². The molecule has 2 amide bonds. The summed E-state index contributed by atoms with van der Waals surface area (Å²) in [4.78, 5) is 24.3. The molecule has 1 fully saturated rings. The van der Waals surface area contributed by atoms with Crippen molar-refractivity contribution in [3.05, 3.63) is 29.8 Å². The summed E-state index contributed by atoms with van der Waals surface area (Å²) < 4.78 is 25.8. The van der Waals surface area contributed by atoms with Crippen molar-refractivity contribution in [1.29, 1.82) is 0 Å². The van der Waals surface area contributed by atoms with Crippen LogP contribution in [0.5, 0.6) is 0 Å². The molecule has 0 aromatic heterocycles. The molecule has 8 heteroatoms. The summed E-state index contributed by atoms with van der Waals surface area (Å²) in [6.45, 7) is 1.71. The van der Waals surface area contributed by atoms with Gasteiger partial charge in [0.1, 0.15) is 6.04 Å². The van der Waals surface area contributed by atoms with E-state index in [1.54, 1.807) is 6.92 Å². The van der Waals surface area contributed by atoms with E-state index in [0.717, 1.165) is 12.1 Å². The van der Waals surface area contributed by atoms with Crippen molar-refractivity contribution in [2.45, 2.75) is 18.3 Å². The van der Waals surface area contributed by atoms with Crippen molar-refractivity contribution in [2.75, 3.05) is 11.1 Å². The molecule has 0 saturated carbocycles. The van der Waals surface area contributed by atoms with E-state index in [9.17, 15) is 18.4 Å². The largest absolute Gasteiger partial charge is 0.480 e. The average molecular weight is 302 g/mol. The Morgan fingerprint density at radius 2 is 2.10 bits per heavy atom. The molecule has 1 aliphatic rings. The summed E-state index contributed by atoms with van der Waals surface area (Å²) in [5.41, 5.74) is 0.0714. The van der Waals surface area contributed by atoms with Crippen LogP contribution in [0.1, 0.15) is 6.92 Å². The second-order valence-corrected chi connectivity index (χ2v) is 5.60. The van der Waals surface area contributed by atoms with Crippen molar-refractivity contribution < 1.29 is 23.5 Å². The van der Waals surface area contributed by atoms with Gasteiger partial charge < -0.3 is 10.4 Å². The molecular weight excluding hydrogens is 290 g/mol. The number of carbonyl (C=O) groups is 2. The number of urea groups is 1. The van der Waals surface area contributed by atoms with E-state index in [-0.39, 0.29) is 11.1 Å². The third-order valence-electron chi connectivity index (χ3n) is 2.91. The predicted octanol–water partition coefficient (Wildman–Crippen LogP) is 2.34. The van der Waals surface area contributed by atoms with E-state index in [4.69, 9.17) is 5.11 Å². The molecule has 2 rings (SSSR count). The van der Waals surface area contributed by atoms with Gasteiger partial charge in [0.2, 0.25) is 0 Å². The summed E-state index contributed by atoms with van der Waals surface area (Å²) in [5.74, 6) is -2.90. The van der Waals surface area contributed by atoms with Crippen molar-refractivity contribution >= 4 is 29.4 Å². The van der Waals surface area contributed by atoms with Crippen molar-refractivity contribution in [3.63, 3.8) is 0 Å². The Kier molecular flexibility index (Phi) is 4.12. The maximum atomic E-state index is 13.1. The van der Waals surface area contributed by atoms with Crippen molar-refractivity contribution in [2.24, 2.45) is 0 Å². The molecule has 1 aliphatic heterocycles. The Morgan fingerprint density at radius 3 is 2.70 bits per heavy atom. The van der Waals surface area contributed by atoms with Gasteiger partial charge in [-0.3, -0.25) is 4.90 Å². The normalized spacial score (nSPS) is 21.9. The fourth-order valence-corrected chi connectivity index (χ4v) is 3.07. The van der Waals surface area contributed by atoms with Gasteiger partial charge in [0.05, 0.1) is 5.37 Å². The molecule has 2 unspecified atom stereocenters. The van der Waals surface area contributed by atoms with Crippen molar-refractivity contribution in [1.82, 2.24) is 4.90 Å². The number of rotatable bonds is 2. The number of anilines is 1. The second kappa shape index (κ2) is 5.66. The number of carbonyl (C=O) groups excluding carboxylic acids is 1. The third kappa shape index (κ3) is 2.84. The fraction of sp³-hybridized carbons (Fsp3) is 0.333. The zero-order valence-electron chi connectivity index (χ0n) is 10.5. The maximum absolute atomic E-state index is 13.1. The van der Waals surface area contributed by atoms with Gasteiger partial charge in [-0.2, -0.15) is 0 Å². The molecule has 0 bridgehead atoms. The van der Waals surface area contributed by atoms with E-state index in [1.807, 2.05) is 0 Å². The highest BCUT2D eigenvalue weighted by atomic mass is 32.2. The first-order valence-corrected chi connectivity index (χ1v) is 6.84. The monoisotopic (exact) mass is 302 g/mol.